The summed E-state index contributed by atoms with van der Waals surface area (Å²) in [4.78, 5) is 13.1. The Morgan fingerprint density at radius 2 is 2.50 bits per heavy atom. The molecule has 1 N–H and O–H groups in total. The van der Waals surface area contributed by atoms with Crippen LogP contribution in [0.5, 0.6) is 0 Å². The maximum Gasteiger partial charge on any atom is 0.308 e. The summed E-state index contributed by atoms with van der Waals surface area (Å²) in [7, 11) is 1.37. The predicted octanol–water partition coefficient (Wildman–Crippen LogP) is -0.757. The number of hydrogen-bond acceptors (Lipinski definition) is 5. The van der Waals surface area contributed by atoms with E-state index < -0.39 is 0 Å². The zero-order valence-corrected chi connectivity index (χ0v) is 8.44. The van der Waals surface area contributed by atoms with Gasteiger partial charge < -0.3 is 14.6 Å². The Balaban J connectivity index is 2.28. The molecule has 14 heavy (non-hydrogen) atoms. The Hall–Kier alpha value is -0.650. The van der Waals surface area contributed by atoms with Gasteiger partial charge in [-0.25, -0.2) is 0 Å². The molecule has 0 aliphatic carbocycles. The van der Waals surface area contributed by atoms with E-state index in [1.54, 1.807) is 0 Å². The van der Waals surface area contributed by atoms with Crippen molar-refractivity contribution >= 4 is 5.97 Å². The minimum atomic E-state index is -0.249. The molecule has 5 nitrogen and oxygen atoms in total. The standard InChI is InChI=1S/C9H17NO4/c1-13-9(12)6-8-7-10(2-4-11)3-5-14-8/h8,11H,2-7H2,1H3. The number of aliphatic hydroxyl groups excluding tert-OH is 1. The third-order valence-corrected chi connectivity index (χ3v) is 2.26. The number of β-amino-alcohol motifs (C(OH)–C–C–N with tert-alkyl or cyclic N) is 1. The Labute approximate surface area is 83.6 Å². The summed E-state index contributed by atoms with van der Waals surface area (Å²) >= 11 is 0. The number of methoxy groups -OCH3 is 1. The molecule has 82 valence electrons. The van der Waals surface area contributed by atoms with E-state index in [1.807, 2.05) is 0 Å². The minimum absolute atomic E-state index is 0.0947. The van der Waals surface area contributed by atoms with Crippen molar-refractivity contribution in [1.29, 1.82) is 0 Å². The Morgan fingerprint density at radius 1 is 1.71 bits per heavy atom. The van der Waals surface area contributed by atoms with Crippen LogP contribution in [0.1, 0.15) is 6.42 Å². The highest BCUT2D eigenvalue weighted by atomic mass is 16.5. The van der Waals surface area contributed by atoms with Crippen LogP contribution in [-0.2, 0) is 14.3 Å². The first-order valence-electron chi connectivity index (χ1n) is 4.78. The Bertz CT molecular complexity index is 184. The van der Waals surface area contributed by atoms with Crippen molar-refractivity contribution in [3.63, 3.8) is 0 Å². The lowest BCUT2D eigenvalue weighted by Crippen LogP contribution is -2.44. The van der Waals surface area contributed by atoms with Crippen molar-refractivity contribution in [2.75, 3.05) is 40.0 Å². The first-order chi connectivity index (χ1) is 6.76. The zero-order valence-electron chi connectivity index (χ0n) is 8.44. The molecule has 5 heteroatoms. The largest absolute Gasteiger partial charge is 0.469 e. The van der Waals surface area contributed by atoms with Crippen molar-refractivity contribution in [2.24, 2.45) is 0 Å². The first kappa shape index (κ1) is 11.4. The second-order valence-corrected chi connectivity index (χ2v) is 3.30. The van der Waals surface area contributed by atoms with Crippen LogP contribution >= 0.6 is 0 Å². The molecule has 1 aliphatic heterocycles. The molecule has 1 unspecified atom stereocenters. The number of carbonyl (C=O) groups is 1. The summed E-state index contributed by atoms with van der Waals surface area (Å²) in [5.74, 6) is -0.249. The third kappa shape index (κ3) is 3.61. The zero-order chi connectivity index (χ0) is 10.4. The van der Waals surface area contributed by atoms with Crippen LogP contribution in [0.25, 0.3) is 0 Å². The molecule has 1 heterocycles. The maximum absolute atomic E-state index is 11.0. The van der Waals surface area contributed by atoms with Crippen molar-refractivity contribution in [2.45, 2.75) is 12.5 Å². The number of rotatable bonds is 4. The van der Waals surface area contributed by atoms with Gasteiger partial charge in [0.1, 0.15) is 0 Å². The highest BCUT2D eigenvalue weighted by Gasteiger charge is 2.22. The molecule has 1 rings (SSSR count). The van der Waals surface area contributed by atoms with Gasteiger partial charge in [-0.15, -0.1) is 0 Å². The summed E-state index contributed by atoms with van der Waals surface area (Å²) < 4.78 is 9.96. The van der Waals surface area contributed by atoms with Crippen LogP contribution in [0, 0.1) is 0 Å². The van der Waals surface area contributed by atoms with Gasteiger partial charge in [0.25, 0.3) is 0 Å². The van der Waals surface area contributed by atoms with Gasteiger partial charge in [0.15, 0.2) is 0 Å². The van der Waals surface area contributed by atoms with E-state index in [-0.39, 0.29) is 18.7 Å². The maximum atomic E-state index is 11.0. The highest BCUT2D eigenvalue weighted by molar-refractivity contribution is 5.69. The van der Waals surface area contributed by atoms with Gasteiger partial charge >= 0.3 is 5.97 Å². The lowest BCUT2D eigenvalue weighted by atomic mass is 10.2. The molecule has 1 atom stereocenters. The van der Waals surface area contributed by atoms with Crippen molar-refractivity contribution in [1.82, 2.24) is 4.90 Å². The highest BCUT2D eigenvalue weighted by Crippen LogP contribution is 2.08. The van der Waals surface area contributed by atoms with Gasteiger partial charge in [0.2, 0.25) is 0 Å². The summed E-state index contributed by atoms with van der Waals surface area (Å²) in [6.45, 7) is 2.90. The fourth-order valence-corrected chi connectivity index (χ4v) is 1.52. The molecule has 0 aromatic carbocycles. The van der Waals surface area contributed by atoms with Gasteiger partial charge in [0, 0.05) is 19.6 Å². The number of esters is 1. The molecule has 0 saturated carbocycles. The quantitative estimate of drug-likeness (QED) is 0.609. The summed E-state index contributed by atoms with van der Waals surface area (Å²) in [6.07, 6.45) is 0.195. The topological polar surface area (TPSA) is 59.0 Å². The van der Waals surface area contributed by atoms with Gasteiger partial charge in [-0.05, 0) is 0 Å². The molecule has 1 saturated heterocycles. The minimum Gasteiger partial charge on any atom is -0.469 e. The van der Waals surface area contributed by atoms with Gasteiger partial charge in [-0.3, -0.25) is 9.69 Å². The SMILES string of the molecule is COC(=O)CC1CN(CCO)CCO1. The summed E-state index contributed by atoms with van der Waals surface area (Å²) in [6, 6.07) is 0. The van der Waals surface area contributed by atoms with Crippen LogP contribution in [0.3, 0.4) is 0 Å². The average Bonchev–Trinajstić information content (AvgIpc) is 2.19. The molecule has 0 aromatic heterocycles. The third-order valence-electron chi connectivity index (χ3n) is 2.26. The van der Waals surface area contributed by atoms with Crippen LogP contribution in [0.15, 0.2) is 0 Å². The molecule has 0 aromatic rings. The van der Waals surface area contributed by atoms with E-state index in [0.29, 0.717) is 26.1 Å². The number of aliphatic hydroxyl groups is 1. The summed E-state index contributed by atoms with van der Waals surface area (Å²) in [5, 5.41) is 8.76. The predicted molar refractivity (Wildman–Crippen MR) is 49.9 cm³/mol. The lowest BCUT2D eigenvalue weighted by molar-refractivity contribution is -0.145. The van der Waals surface area contributed by atoms with Crippen LogP contribution < -0.4 is 0 Å². The number of nitrogens with zero attached hydrogens (tertiary/aromatic N) is 1. The number of ether oxygens (including phenoxy) is 2. The summed E-state index contributed by atoms with van der Waals surface area (Å²) in [5.41, 5.74) is 0. The molecule has 0 bridgehead atoms. The lowest BCUT2D eigenvalue weighted by Gasteiger charge is -2.31. The van der Waals surface area contributed by atoms with E-state index in [2.05, 4.69) is 9.64 Å². The second-order valence-electron chi connectivity index (χ2n) is 3.30. The first-order valence-corrected chi connectivity index (χ1v) is 4.78. The normalized spacial score (nSPS) is 23.4. The molecule has 1 fully saturated rings. The fraction of sp³-hybridized carbons (Fsp3) is 0.889. The van der Waals surface area contributed by atoms with Crippen molar-refractivity contribution in [3.8, 4) is 0 Å². The van der Waals surface area contributed by atoms with Crippen LogP contribution in [-0.4, -0.2) is 62.0 Å². The van der Waals surface area contributed by atoms with E-state index in [0.717, 1.165) is 6.54 Å². The number of morpholine rings is 1. The Kier molecular flexibility index (Phi) is 4.86. The molecule has 0 radical (unpaired) electrons. The monoisotopic (exact) mass is 203 g/mol. The van der Waals surface area contributed by atoms with Crippen molar-refractivity contribution in [3.05, 3.63) is 0 Å². The van der Waals surface area contributed by atoms with Crippen LogP contribution in [0.4, 0.5) is 0 Å². The smallest absolute Gasteiger partial charge is 0.308 e. The molecule has 0 spiro atoms. The molecular formula is C9H17NO4. The van der Waals surface area contributed by atoms with Crippen molar-refractivity contribution < 1.29 is 19.4 Å². The molecule has 0 amide bonds. The van der Waals surface area contributed by atoms with E-state index >= 15 is 0 Å². The fourth-order valence-electron chi connectivity index (χ4n) is 1.52. The number of hydrogen-bond donors (Lipinski definition) is 1. The average molecular weight is 203 g/mol. The molecule has 1 aliphatic rings. The Morgan fingerprint density at radius 3 is 3.14 bits per heavy atom. The van der Waals surface area contributed by atoms with Gasteiger partial charge in [-0.1, -0.05) is 0 Å². The van der Waals surface area contributed by atoms with E-state index in [1.165, 1.54) is 7.11 Å². The number of carbonyl (C=O) groups excluding carboxylic acids is 1. The van der Waals surface area contributed by atoms with Gasteiger partial charge in [0.05, 0.1) is 32.8 Å². The van der Waals surface area contributed by atoms with E-state index in [9.17, 15) is 4.79 Å². The van der Waals surface area contributed by atoms with Gasteiger partial charge in [-0.2, -0.15) is 0 Å². The van der Waals surface area contributed by atoms with E-state index in [4.69, 9.17) is 9.84 Å². The molecular weight excluding hydrogens is 186 g/mol. The van der Waals surface area contributed by atoms with Crippen LogP contribution in [0.2, 0.25) is 0 Å². The second kappa shape index (κ2) is 5.95.